The van der Waals surface area contributed by atoms with Gasteiger partial charge >= 0.3 is 0 Å². The first-order chi connectivity index (χ1) is 11.3. The van der Waals surface area contributed by atoms with Gasteiger partial charge in [-0.1, -0.05) is 19.9 Å². The predicted molar refractivity (Wildman–Crippen MR) is 94.5 cm³/mol. The molecule has 1 amide bonds. The molecular weight excluding hydrogens is 326 g/mol. The van der Waals surface area contributed by atoms with Gasteiger partial charge < -0.3 is 9.80 Å². The molecule has 0 unspecified atom stereocenters. The summed E-state index contributed by atoms with van der Waals surface area (Å²) in [5, 5.41) is 0. The van der Waals surface area contributed by atoms with E-state index >= 15 is 0 Å². The van der Waals surface area contributed by atoms with Crippen LogP contribution in [-0.2, 0) is 10.0 Å². The molecule has 2 rings (SSSR count). The maximum absolute atomic E-state index is 12.6. The zero-order valence-electron chi connectivity index (χ0n) is 14.7. The first-order valence-corrected chi connectivity index (χ1v) is 9.85. The lowest BCUT2D eigenvalue weighted by Crippen LogP contribution is -2.47. The molecule has 24 heavy (non-hydrogen) atoms. The second-order valence-corrected chi connectivity index (χ2v) is 8.47. The standard InChI is InChI=1S/C17H27N3O3S/c1-14(2)7-8-18-24(22,23)16-6-4-5-15(13-16)17(21)20-11-9-19(3)10-12-20/h4-6,13-14,18H,7-12H2,1-3H3. The van der Waals surface area contributed by atoms with Crippen molar-refractivity contribution in [2.75, 3.05) is 39.8 Å². The number of nitrogens with zero attached hydrogens (tertiary/aromatic N) is 2. The molecule has 1 aromatic rings. The average molecular weight is 353 g/mol. The van der Waals surface area contributed by atoms with Crippen molar-refractivity contribution in [3.05, 3.63) is 29.8 Å². The van der Waals surface area contributed by atoms with Crippen molar-refractivity contribution in [1.82, 2.24) is 14.5 Å². The Bertz CT molecular complexity index is 665. The van der Waals surface area contributed by atoms with Gasteiger partial charge in [0.15, 0.2) is 0 Å². The first-order valence-electron chi connectivity index (χ1n) is 8.37. The summed E-state index contributed by atoms with van der Waals surface area (Å²) in [5.74, 6) is 0.320. The number of likely N-dealkylation sites (N-methyl/N-ethyl adjacent to an activating group) is 1. The highest BCUT2D eigenvalue weighted by Gasteiger charge is 2.22. The van der Waals surface area contributed by atoms with E-state index in [0.717, 1.165) is 19.5 Å². The predicted octanol–water partition coefficient (Wildman–Crippen LogP) is 1.40. The van der Waals surface area contributed by atoms with E-state index in [-0.39, 0.29) is 10.8 Å². The third-order valence-electron chi connectivity index (χ3n) is 4.20. The van der Waals surface area contributed by atoms with Crippen LogP contribution in [0.5, 0.6) is 0 Å². The van der Waals surface area contributed by atoms with Crippen LogP contribution in [0.1, 0.15) is 30.6 Å². The summed E-state index contributed by atoms with van der Waals surface area (Å²) in [6, 6.07) is 6.30. The summed E-state index contributed by atoms with van der Waals surface area (Å²) >= 11 is 0. The molecule has 0 aromatic heterocycles. The third-order valence-corrected chi connectivity index (χ3v) is 5.65. The van der Waals surface area contributed by atoms with E-state index in [2.05, 4.69) is 9.62 Å². The molecule has 0 radical (unpaired) electrons. The minimum atomic E-state index is -3.58. The van der Waals surface area contributed by atoms with Crippen molar-refractivity contribution in [1.29, 1.82) is 0 Å². The van der Waals surface area contributed by atoms with Crippen LogP contribution in [-0.4, -0.2) is 63.9 Å². The van der Waals surface area contributed by atoms with E-state index in [0.29, 0.717) is 31.1 Å². The average Bonchev–Trinajstić information content (AvgIpc) is 2.54. The molecule has 1 saturated heterocycles. The van der Waals surface area contributed by atoms with Gasteiger partial charge in [-0.3, -0.25) is 4.79 Å². The molecule has 1 fully saturated rings. The lowest BCUT2D eigenvalue weighted by atomic mass is 10.1. The number of hydrogen-bond donors (Lipinski definition) is 1. The highest BCUT2D eigenvalue weighted by Crippen LogP contribution is 2.14. The first kappa shape index (κ1) is 18.9. The Balaban J connectivity index is 2.09. The van der Waals surface area contributed by atoms with Gasteiger partial charge in [0, 0.05) is 38.3 Å². The largest absolute Gasteiger partial charge is 0.336 e. The highest BCUT2D eigenvalue weighted by molar-refractivity contribution is 7.89. The molecule has 6 nitrogen and oxygen atoms in total. The summed E-state index contributed by atoms with van der Waals surface area (Å²) in [6.07, 6.45) is 0.777. The van der Waals surface area contributed by atoms with Gasteiger partial charge in [-0.2, -0.15) is 0 Å². The number of carbonyl (C=O) groups excluding carboxylic acids is 1. The number of rotatable bonds is 6. The molecule has 1 N–H and O–H groups in total. The van der Waals surface area contributed by atoms with E-state index in [1.54, 1.807) is 17.0 Å². The Kier molecular flexibility index (Phi) is 6.37. The molecule has 1 aromatic carbocycles. The molecule has 1 heterocycles. The Morgan fingerprint density at radius 3 is 2.50 bits per heavy atom. The quantitative estimate of drug-likeness (QED) is 0.839. The van der Waals surface area contributed by atoms with Crippen molar-refractivity contribution >= 4 is 15.9 Å². The van der Waals surface area contributed by atoms with Crippen molar-refractivity contribution < 1.29 is 13.2 Å². The fourth-order valence-electron chi connectivity index (χ4n) is 2.55. The number of hydrogen-bond acceptors (Lipinski definition) is 4. The Hall–Kier alpha value is -1.44. The number of sulfonamides is 1. The lowest BCUT2D eigenvalue weighted by molar-refractivity contribution is 0.0664. The molecule has 1 aliphatic heterocycles. The number of carbonyl (C=O) groups is 1. The monoisotopic (exact) mass is 353 g/mol. The summed E-state index contributed by atoms with van der Waals surface area (Å²) in [7, 11) is -1.55. The van der Waals surface area contributed by atoms with Crippen LogP contribution in [0.25, 0.3) is 0 Å². The number of nitrogens with one attached hydrogen (secondary N) is 1. The molecule has 1 aliphatic rings. The van der Waals surface area contributed by atoms with Crippen LogP contribution >= 0.6 is 0 Å². The van der Waals surface area contributed by atoms with Crippen LogP contribution in [0.15, 0.2) is 29.2 Å². The summed E-state index contributed by atoms with van der Waals surface area (Å²) in [6.45, 7) is 7.49. The van der Waals surface area contributed by atoms with Gasteiger partial charge in [-0.05, 0) is 37.6 Å². The summed E-state index contributed by atoms with van der Waals surface area (Å²) < 4.78 is 27.3. The fraction of sp³-hybridized carbons (Fsp3) is 0.588. The van der Waals surface area contributed by atoms with Crippen LogP contribution in [0.3, 0.4) is 0 Å². The molecule has 0 atom stereocenters. The second kappa shape index (κ2) is 8.09. The van der Waals surface area contributed by atoms with Crippen molar-refractivity contribution in [3.63, 3.8) is 0 Å². The Labute approximate surface area is 144 Å². The fourth-order valence-corrected chi connectivity index (χ4v) is 3.65. The maximum Gasteiger partial charge on any atom is 0.253 e. The molecular formula is C17H27N3O3S. The van der Waals surface area contributed by atoms with E-state index in [1.807, 2.05) is 20.9 Å². The van der Waals surface area contributed by atoms with Crippen molar-refractivity contribution in [2.45, 2.75) is 25.2 Å². The molecule has 0 aliphatic carbocycles. The van der Waals surface area contributed by atoms with Crippen LogP contribution in [0, 0.1) is 5.92 Å². The van der Waals surface area contributed by atoms with E-state index in [9.17, 15) is 13.2 Å². The molecule has 0 bridgehead atoms. The zero-order valence-corrected chi connectivity index (χ0v) is 15.5. The van der Waals surface area contributed by atoms with Gasteiger partial charge in [0.05, 0.1) is 4.90 Å². The van der Waals surface area contributed by atoms with Crippen LogP contribution in [0.4, 0.5) is 0 Å². The molecule has 0 spiro atoms. The van der Waals surface area contributed by atoms with Gasteiger partial charge in [-0.25, -0.2) is 13.1 Å². The summed E-state index contributed by atoms with van der Waals surface area (Å²) in [5.41, 5.74) is 0.422. The number of piperazine rings is 1. The van der Waals surface area contributed by atoms with Gasteiger partial charge in [0.2, 0.25) is 10.0 Å². The van der Waals surface area contributed by atoms with Gasteiger partial charge in [-0.15, -0.1) is 0 Å². The van der Waals surface area contributed by atoms with E-state index in [1.165, 1.54) is 12.1 Å². The maximum atomic E-state index is 12.6. The number of benzene rings is 1. The minimum Gasteiger partial charge on any atom is -0.336 e. The van der Waals surface area contributed by atoms with Crippen LogP contribution < -0.4 is 4.72 Å². The molecule has 134 valence electrons. The lowest BCUT2D eigenvalue weighted by Gasteiger charge is -2.32. The SMILES string of the molecule is CC(C)CCNS(=O)(=O)c1cccc(C(=O)N2CCN(C)CC2)c1. The minimum absolute atomic E-state index is 0.109. The highest BCUT2D eigenvalue weighted by atomic mass is 32.2. The normalized spacial score (nSPS) is 16.6. The topological polar surface area (TPSA) is 69.7 Å². The Morgan fingerprint density at radius 2 is 1.88 bits per heavy atom. The zero-order chi connectivity index (χ0) is 17.7. The number of amides is 1. The van der Waals surface area contributed by atoms with E-state index in [4.69, 9.17) is 0 Å². The Morgan fingerprint density at radius 1 is 1.21 bits per heavy atom. The van der Waals surface area contributed by atoms with Crippen molar-refractivity contribution in [2.24, 2.45) is 5.92 Å². The summed E-state index contributed by atoms with van der Waals surface area (Å²) in [4.78, 5) is 16.7. The van der Waals surface area contributed by atoms with E-state index < -0.39 is 10.0 Å². The second-order valence-electron chi connectivity index (χ2n) is 6.70. The van der Waals surface area contributed by atoms with Crippen LogP contribution in [0.2, 0.25) is 0 Å². The molecule has 7 heteroatoms. The third kappa shape index (κ3) is 5.03. The van der Waals surface area contributed by atoms with Gasteiger partial charge in [0.1, 0.15) is 0 Å². The smallest absolute Gasteiger partial charge is 0.253 e. The van der Waals surface area contributed by atoms with Crippen molar-refractivity contribution in [3.8, 4) is 0 Å². The molecule has 0 saturated carbocycles. The van der Waals surface area contributed by atoms with Gasteiger partial charge in [0.25, 0.3) is 5.91 Å².